The van der Waals surface area contributed by atoms with Gasteiger partial charge in [-0.05, 0) is 39.4 Å². The second-order valence-electron chi connectivity index (χ2n) is 4.93. The lowest BCUT2D eigenvalue weighted by molar-refractivity contribution is 0.204. The summed E-state index contributed by atoms with van der Waals surface area (Å²) in [7, 11) is 2.13. The molecular weight excluding hydrogens is 214 g/mol. The molecule has 94 valence electrons. The van der Waals surface area contributed by atoms with Gasteiger partial charge in [-0.15, -0.1) is 0 Å². The number of benzene rings is 1. The Bertz CT molecular complexity index is 365. The van der Waals surface area contributed by atoms with Crippen LogP contribution in [0.4, 0.5) is 0 Å². The minimum Gasteiger partial charge on any atom is -0.491 e. The molecule has 1 aliphatic heterocycles. The Kier molecular flexibility index (Phi) is 3.89. The zero-order valence-electron chi connectivity index (χ0n) is 10.8. The average Bonchev–Trinajstić information content (AvgIpc) is 2.63. The van der Waals surface area contributed by atoms with Gasteiger partial charge in [-0.3, -0.25) is 0 Å². The normalized spacial score (nSPS) is 20.8. The Morgan fingerprint density at radius 3 is 2.71 bits per heavy atom. The standard InChI is InChI=1S/C14H21NO2/c1-11(2)16-12-5-4-6-13(9-12)17-14-7-8-15(3)10-14/h4-6,9,11,14H,7-8,10H2,1-3H3. The third-order valence-electron chi connectivity index (χ3n) is 2.83. The van der Waals surface area contributed by atoms with E-state index in [4.69, 9.17) is 9.47 Å². The minimum atomic E-state index is 0.197. The van der Waals surface area contributed by atoms with Crippen LogP contribution in [0.15, 0.2) is 24.3 Å². The van der Waals surface area contributed by atoms with Crippen LogP contribution in [0.1, 0.15) is 20.3 Å². The van der Waals surface area contributed by atoms with Gasteiger partial charge in [-0.1, -0.05) is 6.07 Å². The van der Waals surface area contributed by atoms with E-state index in [1.165, 1.54) is 0 Å². The first-order valence-corrected chi connectivity index (χ1v) is 6.25. The highest BCUT2D eigenvalue weighted by atomic mass is 16.5. The van der Waals surface area contributed by atoms with Gasteiger partial charge in [0.15, 0.2) is 0 Å². The molecule has 1 fully saturated rings. The molecular formula is C14H21NO2. The molecule has 0 radical (unpaired) electrons. The van der Waals surface area contributed by atoms with Gasteiger partial charge in [-0.25, -0.2) is 0 Å². The van der Waals surface area contributed by atoms with Crippen molar-refractivity contribution in [2.24, 2.45) is 0 Å². The second-order valence-corrected chi connectivity index (χ2v) is 4.93. The first-order valence-electron chi connectivity index (χ1n) is 6.25. The van der Waals surface area contributed by atoms with Crippen molar-refractivity contribution in [1.29, 1.82) is 0 Å². The first kappa shape index (κ1) is 12.2. The predicted molar refractivity (Wildman–Crippen MR) is 68.7 cm³/mol. The summed E-state index contributed by atoms with van der Waals surface area (Å²) in [6, 6.07) is 7.91. The monoisotopic (exact) mass is 235 g/mol. The molecule has 0 aromatic heterocycles. The van der Waals surface area contributed by atoms with Gasteiger partial charge in [0.05, 0.1) is 6.10 Å². The van der Waals surface area contributed by atoms with Crippen molar-refractivity contribution >= 4 is 0 Å². The molecule has 17 heavy (non-hydrogen) atoms. The summed E-state index contributed by atoms with van der Waals surface area (Å²) < 4.78 is 11.6. The fraction of sp³-hybridized carbons (Fsp3) is 0.571. The van der Waals surface area contributed by atoms with Crippen molar-refractivity contribution in [3.05, 3.63) is 24.3 Å². The van der Waals surface area contributed by atoms with E-state index in [0.29, 0.717) is 6.10 Å². The molecule has 0 saturated carbocycles. The van der Waals surface area contributed by atoms with Gasteiger partial charge in [0.1, 0.15) is 17.6 Å². The van der Waals surface area contributed by atoms with Gasteiger partial charge in [-0.2, -0.15) is 0 Å². The third kappa shape index (κ3) is 3.63. The van der Waals surface area contributed by atoms with Gasteiger partial charge in [0.2, 0.25) is 0 Å². The van der Waals surface area contributed by atoms with Crippen LogP contribution < -0.4 is 9.47 Å². The first-order chi connectivity index (χ1) is 8.13. The van der Waals surface area contributed by atoms with Crippen molar-refractivity contribution in [3.63, 3.8) is 0 Å². The summed E-state index contributed by atoms with van der Waals surface area (Å²) in [6.45, 7) is 6.18. The summed E-state index contributed by atoms with van der Waals surface area (Å²) in [5.41, 5.74) is 0. The number of hydrogen-bond donors (Lipinski definition) is 0. The van der Waals surface area contributed by atoms with Crippen LogP contribution in [0.3, 0.4) is 0 Å². The molecule has 0 N–H and O–H groups in total. The highest BCUT2D eigenvalue weighted by Gasteiger charge is 2.20. The maximum Gasteiger partial charge on any atom is 0.123 e. The van der Waals surface area contributed by atoms with Crippen LogP contribution in [-0.2, 0) is 0 Å². The van der Waals surface area contributed by atoms with Gasteiger partial charge in [0, 0.05) is 19.2 Å². The average molecular weight is 235 g/mol. The molecule has 1 saturated heterocycles. The van der Waals surface area contributed by atoms with Gasteiger partial charge in [0.25, 0.3) is 0 Å². The van der Waals surface area contributed by atoms with Crippen LogP contribution in [0.2, 0.25) is 0 Å². The SMILES string of the molecule is CC(C)Oc1cccc(OC2CCN(C)C2)c1. The number of rotatable bonds is 4. The molecule has 0 amide bonds. The van der Waals surface area contributed by atoms with E-state index in [1.807, 2.05) is 38.1 Å². The van der Waals surface area contributed by atoms with Crippen molar-refractivity contribution < 1.29 is 9.47 Å². The number of hydrogen-bond acceptors (Lipinski definition) is 3. The molecule has 0 spiro atoms. The number of nitrogens with zero attached hydrogens (tertiary/aromatic N) is 1. The molecule has 1 unspecified atom stereocenters. The van der Waals surface area contributed by atoms with Crippen molar-refractivity contribution in [2.75, 3.05) is 20.1 Å². The van der Waals surface area contributed by atoms with Crippen molar-refractivity contribution in [2.45, 2.75) is 32.5 Å². The van der Waals surface area contributed by atoms with E-state index in [9.17, 15) is 0 Å². The topological polar surface area (TPSA) is 21.7 Å². The molecule has 1 aliphatic rings. The largest absolute Gasteiger partial charge is 0.491 e. The summed E-state index contributed by atoms with van der Waals surface area (Å²) in [5.74, 6) is 1.78. The second kappa shape index (κ2) is 5.41. The summed E-state index contributed by atoms with van der Waals surface area (Å²) in [6.07, 6.45) is 1.61. The Hall–Kier alpha value is -1.22. The lowest BCUT2D eigenvalue weighted by atomic mass is 10.3. The Balaban J connectivity index is 1.96. The quantitative estimate of drug-likeness (QED) is 0.800. The molecule has 3 nitrogen and oxygen atoms in total. The number of likely N-dealkylation sites (tertiary alicyclic amines) is 1. The fourth-order valence-electron chi connectivity index (χ4n) is 2.08. The fourth-order valence-corrected chi connectivity index (χ4v) is 2.08. The lowest BCUT2D eigenvalue weighted by Gasteiger charge is -2.15. The summed E-state index contributed by atoms with van der Waals surface area (Å²) >= 11 is 0. The molecule has 1 aromatic carbocycles. The predicted octanol–water partition coefficient (Wildman–Crippen LogP) is 2.56. The van der Waals surface area contributed by atoms with Crippen LogP contribution in [0.5, 0.6) is 11.5 Å². The van der Waals surface area contributed by atoms with E-state index in [-0.39, 0.29) is 6.10 Å². The Labute approximate surface area is 103 Å². The maximum absolute atomic E-state index is 5.95. The highest BCUT2D eigenvalue weighted by Crippen LogP contribution is 2.23. The summed E-state index contributed by atoms with van der Waals surface area (Å²) in [4.78, 5) is 2.29. The molecule has 0 aliphatic carbocycles. The molecule has 1 atom stereocenters. The van der Waals surface area contributed by atoms with E-state index >= 15 is 0 Å². The van der Waals surface area contributed by atoms with Crippen molar-refractivity contribution in [3.8, 4) is 11.5 Å². The van der Waals surface area contributed by atoms with Crippen LogP contribution >= 0.6 is 0 Å². The Morgan fingerprint density at radius 2 is 2.06 bits per heavy atom. The lowest BCUT2D eigenvalue weighted by Crippen LogP contribution is -2.21. The van der Waals surface area contributed by atoms with Gasteiger partial charge < -0.3 is 14.4 Å². The molecule has 3 heteroatoms. The van der Waals surface area contributed by atoms with E-state index < -0.39 is 0 Å². The highest BCUT2D eigenvalue weighted by molar-refractivity contribution is 5.33. The molecule has 1 aromatic rings. The summed E-state index contributed by atoms with van der Waals surface area (Å²) in [5, 5.41) is 0. The Morgan fingerprint density at radius 1 is 1.29 bits per heavy atom. The van der Waals surface area contributed by atoms with Crippen LogP contribution in [0.25, 0.3) is 0 Å². The minimum absolute atomic E-state index is 0.197. The van der Waals surface area contributed by atoms with Crippen molar-refractivity contribution in [1.82, 2.24) is 4.90 Å². The van der Waals surface area contributed by atoms with E-state index in [2.05, 4.69) is 11.9 Å². The number of ether oxygens (including phenoxy) is 2. The molecule has 0 bridgehead atoms. The van der Waals surface area contributed by atoms with E-state index in [0.717, 1.165) is 31.0 Å². The zero-order valence-corrected chi connectivity index (χ0v) is 10.8. The molecule has 1 heterocycles. The van der Waals surface area contributed by atoms with E-state index in [1.54, 1.807) is 0 Å². The van der Waals surface area contributed by atoms with Crippen LogP contribution in [-0.4, -0.2) is 37.2 Å². The van der Waals surface area contributed by atoms with Crippen LogP contribution in [0, 0.1) is 0 Å². The third-order valence-corrected chi connectivity index (χ3v) is 2.83. The smallest absolute Gasteiger partial charge is 0.123 e. The zero-order chi connectivity index (χ0) is 12.3. The molecule has 2 rings (SSSR count). The van der Waals surface area contributed by atoms with Gasteiger partial charge >= 0.3 is 0 Å². The number of likely N-dealkylation sites (N-methyl/N-ethyl adjacent to an activating group) is 1. The maximum atomic E-state index is 5.95.